The number of ether oxygens (including phenoxy) is 1. The second-order valence-electron chi connectivity index (χ2n) is 7.89. The summed E-state index contributed by atoms with van der Waals surface area (Å²) in [5.74, 6) is -1.23. The molecular weight excluding hydrogens is 442 g/mol. The van der Waals surface area contributed by atoms with Crippen molar-refractivity contribution in [3.05, 3.63) is 132 Å². The standard InChI is InChI=1S/C28H21N3O4/c32-25-24(20-12-4-1-5-13-20)30(22-16-8-3-9-17-22)28(34)31(25)26(21-14-6-2-7-15-21)35-27(33)23-18-10-11-19-29-23/h1-19,24,26H. The summed E-state index contributed by atoms with van der Waals surface area (Å²) in [7, 11) is 0. The molecule has 0 bridgehead atoms. The van der Waals surface area contributed by atoms with E-state index in [1.54, 1.807) is 78.9 Å². The van der Waals surface area contributed by atoms with Crippen molar-refractivity contribution in [3.63, 3.8) is 0 Å². The van der Waals surface area contributed by atoms with Crippen LogP contribution in [-0.2, 0) is 9.53 Å². The number of anilines is 1. The zero-order valence-electron chi connectivity index (χ0n) is 18.6. The smallest absolute Gasteiger partial charge is 0.359 e. The highest BCUT2D eigenvalue weighted by atomic mass is 16.6. The summed E-state index contributed by atoms with van der Waals surface area (Å²) in [5, 5.41) is 0. The lowest BCUT2D eigenvalue weighted by molar-refractivity contribution is -0.135. The fraction of sp³-hybridized carbons (Fsp3) is 0.0714. The zero-order valence-corrected chi connectivity index (χ0v) is 18.6. The number of carbonyl (C=O) groups excluding carboxylic acids is 3. The Bertz CT molecular complexity index is 1270. The highest BCUT2D eigenvalue weighted by molar-refractivity contribution is 6.14. The average Bonchev–Trinajstić information content (AvgIpc) is 3.18. The number of amides is 3. The molecule has 1 aromatic heterocycles. The maximum atomic E-state index is 13.9. The molecule has 1 aliphatic heterocycles. The molecule has 5 rings (SSSR count). The minimum atomic E-state index is -1.27. The van der Waals surface area contributed by atoms with Crippen molar-refractivity contribution in [2.45, 2.75) is 12.3 Å². The molecular formula is C28H21N3O4. The predicted octanol–water partition coefficient (Wildman–Crippen LogP) is 5.15. The predicted molar refractivity (Wildman–Crippen MR) is 129 cm³/mol. The van der Waals surface area contributed by atoms with E-state index in [-0.39, 0.29) is 5.69 Å². The molecule has 35 heavy (non-hydrogen) atoms. The number of nitrogens with zero attached hydrogens (tertiary/aromatic N) is 3. The van der Waals surface area contributed by atoms with Crippen LogP contribution in [0, 0.1) is 0 Å². The molecule has 0 spiro atoms. The third-order valence-electron chi connectivity index (χ3n) is 5.70. The summed E-state index contributed by atoms with van der Waals surface area (Å²) < 4.78 is 5.77. The van der Waals surface area contributed by atoms with Gasteiger partial charge in [-0.05, 0) is 29.8 Å². The molecule has 172 valence electrons. The van der Waals surface area contributed by atoms with Gasteiger partial charge in [0, 0.05) is 17.4 Å². The van der Waals surface area contributed by atoms with Gasteiger partial charge < -0.3 is 4.74 Å². The van der Waals surface area contributed by atoms with Crippen LogP contribution in [0.4, 0.5) is 10.5 Å². The molecule has 2 atom stereocenters. The Morgan fingerprint density at radius 3 is 2.00 bits per heavy atom. The molecule has 1 saturated heterocycles. The Labute approximate surface area is 202 Å². The molecule has 0 saturated carbocycles. The van der Waals surface area contributed by atoms with Crippen LogP contribution in [0.3, 0.4) is 0 Å². The van der Waals surface area contributed by atoms with Gasteiger partial charge in [0.1, 0.15) is 11.7 Å². The monoisotopic (exact) mass is 463 g/mol. The molecule has 7 heteroatoms. The van der Waals surface area contributed by atoms with Crippen molar-refractivity contribution in [1.82, 2.24) is 9.88 Å². The quantitative estimate of drug-likeness (QED) is 0.292. The van der Waals surface area contributed by atoms with Gasteiger partial charge in [-0.15, -0.1) is 0 Å². The van der Waals surface area contributed by atoms with E-state index in [9.17, 15) is 14.4 Å². The van der Waals surface area contributed by atoms with Gasteiger partial charge in [0.05, 0.1) is 0 Å². The SMILES string of the molecule is O=C(OC(c1ccccc1)N1C(=O)C(c2ccccc2)N(c2ccccc2)C1=O)c1ccccn1. The Morgan fingerprint density at radius 2 is 1.37 bits per heavy atom. The van der Waals surface area contributed by atoms with Crippen molar-refractivity contribution in [3.8, 4) is 0 Å². The maximum Gasteiger partial charge on any atom is 0.359 e. The number of carbonyl (C=O) groups is 3. The van der Waals surface area contributed by atoms with Crippen molar-refractivity contribution in [2.24, 2.45) is 0 Å². The molecule has 2 heterocycles. The minimum absolute atomic E-state index is 0.0760. The fourth-order valence-corrected chi connectivity index (χ4v) is 4.09. The van der Waals surface area contributed by atoms with Gasteiger partial charge in [-0.1, -0.05) is 84.9 Å². The van der Waals surface area contributed by atoms with Crippen molar-refractivity contribution < 1.29 is 19.1 Å². The van der Waals surface area contributed by atoms with Crippen LogP contribution in [0.25, 0.3) is 0 Å². The average molecular weight is 463 g/mol. The summed E-state index contributed by atoms with van der Waals surface area (Å²) in [6.45, 7) is 0. The highest BCUT2D eigenvalue weighted by Crippen LogP contribution is 2.40. The summed E-state index contributed by atoms with van der Waals surface area (Å²) in [4.78, 5) is 47.2. The first-order valence-electron chi connectivity index (χ1n) is 11.1. The van der Waals surface area contributed by atoms with Crippen LogP contribution in [-0.4, -0.2) is 27.8 Å². The third-order valence-corrected chi connectivity index (χ3v) is 5.70. The van der Waals surface area contributed by atoms with Crippen molar-refractivity contribution in [1.29, 1.82) is 0 Å². The van der Waals surface area contributed by atoms with Gasteiger partial charge in [-0.25, -0.2) is 19.5 Å². The van der Waals surface area contributed by atoms with E-state index in [0.29, 0.717) is 16.8 Å². The summed E-state index contributed by atoms with van der Waals surface area (Å²) >= 11 is 0. The summed E-state index contributed by atoms with van der Waals surface area (Å²) in [6, 6.07) is 30.1. The van der Waals surface area contributed by atoms with Gasteiger partial charge in [0.15, 0.2) is 0 Å². The van der Waals surface area contributed by atoms with Crippen molar-refractivity contribution >= 4 is 23.6 Å². The maximum absolute atomic E-state index is 13.9. The van der Waals surface area contributed by atoms with E-state index < -0.39 is 30.2 Å². The van der Waals surface area contributed by atoms with E-state index in [2.05, 4.69) is 4.98 Å². The van der Waals surface area contributed by atoms with Crippen LogP contribution in [0.15, 0.2) is 115 Å². The van der Waals surface area contributed by atoms with E-state index in [1.165, 1.54) is 17.2 Å². The number of imide groups is 1. The van der Waals surface area contributed by atoms with Gasteiger partial charge in [-0.2, -0.15) is 0 Å². The molecule has 3 amide bonds. The zero-order chi connectivity index (χ0) is 24.2. The second kappa shape index (κ2) is 9.61. The Kier molecular flexibility index (Phi) is 6.05. The molecule has 2 unspecified atom stereocenters. The molecule has 1 fully saturated rings. The Hall–Kier alpha value is -4.78. The van der Waals surface area contributed by atoms with Crippen LogP contribution in [0.5, 0.6) is 0 Å². The minimum Gasteiger partial charge on any atom is -0.432 e. The number of benzene rings is 3. The Morgan fingerprint density at radius 1 is 0.771 bits per heavy atom. The van der Waals surface area contributed by atoms with E-state index in [1.807, 2.05) is 24.3 Å². The lowest BCUT2D eigenvalue weighted by Crippen LogP contribution is -2.38. The van der Waals surface area contributed by atoms with Crippen molar-refractivity contribution in [2.75, 3.05) is 4.90 Å². The van der Waals surface area contributed by atoms with Gasteiger partial charge in [0.25, 0.3) is 5.91 Å². The number of urea groups is 1. The molecule has 0 N–H and O–H groups in total. The van der Waals surface area contributed by atoms with Crippen LogP contribution in [0.2, 0.25) is 0 Å². The van der Waals surface area contributed by atoms with E-state index >= 15 is 0 Å². The topological polar surface area (TPSA) is 79.8 Å². The summed E-state index contributed by atoms with van der Waals surface area (Å²) in [5.41, 5.74) is 1.78. The lowest BCUT2D eigenvalue weighted by Gasteiger charge is -2.26. The molecule has 0 aliphatic carbocycles. The number of aromatic nitrogens is 1. The lowest BCUT2D eigenvalue weighted by atomic mass is 10.0. The number of pyridine rings is 1. The number of hydrogen-bond acceptors (Lipinski definition) is 5. The number of rotatable bonds is 6. The molecule has 7 nitrogen and oxygen atoms in total. The van der Waals surface area contributed by atoms with Crippen LogP contribution in [0.1, 0.15) is 33.9 Å². The van der Waals surface area contributed by atoms with Crippen LogP contribution >= 0.6 is 0 Å². The van der Waals surface area contributed by atoms with Gasteiger partial charge in [0.2, 0.25) is 6.23 Å². The number of esters is 1. The normalized spacial score (nSPS) is 16.3. The number of para-hydroxylation sites is 1. The first-order valence-corrected chi connectivity index (χ1v) is 11.1. The van der Waals surface area contributed by atoms with Gasteiger partial charge >= 0.3 is 12.0 Å². The second-order valence-corrected chi connectivity index (χ2v) is 7.89. The third kappa shape index (κ3) is 4.27. The van der Waals surface area contributed by atoms with E-state index in [0.717, 1.165) is 4.90 Å². The fourth-order valence-electron chi connectivity index (χ4n) is 4.09. The summed E-state index contributed by atoms with van der Waals surface area (Å²) in [6.07, 6.45) is 0.202. The van der Waals surface area contributed by atoms with E-state index in [4.69, 9.17) is 4.74 Å². The number of hydrogen-bond donors (Lipinski definition) is 0. The molecule has 0 radical (unpaired) electrons. The van der Waals surface area contributed by atoms with Crippen LogP contribution < -0.4 is 4.90 Å². The first kappa shape index (κ1) is 22.0. The molecule has 3 aromatic carbocycles. The molecule has 1 aliphatic rings. The Balaban J connectivity index is 1.59. The largest absolute Gasteiger partial charge is 0.432 e. The highest BCUT2D eigenvalue weighted by Gasteiger charge is 2.51. The van der Waals surface area contributed by atoms with Gasteiger partial charge in [-0.3, -0.25) is 9.69 Å². The molecule has 4 aromatic rings. The first-order chi connectivity index (χ1) is 17.1.